The molecular formula is C37H28N2. The van der Waals surface area contributed by atoms with Gasteiger partial charge in [-0.25, -0.2) is 0 Å². The summed E-state index contributed by atoms with van der Waals surface area (Å²) in [7, 11) is 0. The molecule has 39 heavy (non-hydrogen) atoms. The van der Waals surface area contributed by atoms with E-state index < -0.39 is 0 Å². The van der Waals surface area contributed by atoms with E-state index in [1.807, 2.05) is 0 Å². The lowest BCUT2D eigenvalue weighted by molar-refractivity contribution is 1.01. The van der Waals surface area contributed by atoms with Crippen LogP contribution in [0.15, 0.2) is 110 Å². The van der Waals surface area contributed by atoms with Crippen molar-refractivity contribution in [3.8, 4) is 22.3 Å². The van der Waals surface area contributed by atoms with Crippen molar-refractivity contribution in [2.75, 3.05) is 0 Å². The van der Waals surface area contributed by atoms with Crippen LogP contribution < -0.4 is 0 Å². The van der Waals surface area contributed by atoms with Gasteiger partial charge in [0.25, 0.3) is 0 Å². The highest BCUT2D eigenvalue weighted by Gasteiger charge is 2.24. The predicted molar refractivity (Wildman–Crippen MR) is 167 cm³/mol. The van der Waals surface area contributed by atoms with E-state index in [0.29, 0.717) is 0 Å². The van der Waals surface area contributed by atoms with Gasteiger partial charge in [-0.2, -0.15) is 0 Å². The van der Waals surface area contributed by atoms with Crippen LogP contribution in [0.1, 0.15) is 34.4 Å². The highest BCUT2D eigenvalue weighted by Crippen LogP contribution is 2.46. The summed E-state index contributed by atoms with van der Waals surface area (Å²) in [5.41, 5.74) is 13.2. The minimum Gasteiger partial charge on any atom is -0.354 e. The number of nitrogens with one attached hydrogen (secondary N) is 2. The molecule has 1 heterocycles. The maximum atomic E-state index is 8.00. The zero-order valence-electron chi connectivity index (χ0n) is 21.7. The lowest BCUT2D eigenvalue weighted by Crippen LogP contribution is -2.05. The molecule has 2 nitrogen and oxygen atoms in total. The third kappa shape index (κ3) is 3.76. The molecule has 0 aliphatic heterocycles. The Hall–Kier alpha value is -4.95. The Morgan fingerprint density at radius 3 is 1.97 bits per heavy atom. The Kier molecular flexibility index (Phi) is 5.60. The molecule has 0 saturated heterocycles. The van der Waals surface area contributed by atoms with Gasteiger partial charge in [0.05, 0.1) is 0 Å². The third-order valence-electron chi connectivity index (χ3n) is 8.04. The van der Waals surface area contributed by atoms with Crippen LogP contribution in [0.3, 0.4) is 0 Å². The molecule has 0 saturated carbocycles. The van der Waals surface area contributed by atoms with Gasteiger partial charge in [-0.15, -0.1) is 0 Å². The van der Waals surface area contributed by atoms with E-state index >= 15 is 0 Å². The predicted octanol–water partition coefficient (Wildman–Crippen LogP) is 9.78. The smallest absolute Gasteiger partial charge is 0.0474 e. The second kappa shape index (κ2) is 9.41. The Labute approximate surface area is 228 Å². The summed E-state index contributed by atoms with van der Waals surface area (Å²) in [6.07, 6.45) is 7.57. The summed E-state index contributed by atoms with van der Waals surface area (Å²) in [6.45, 7) is 3.92. The van der Waals surface area contributed by atoms with Gasteiger partial charge in [0.2, 0.25) is 0 Å². The number of hydrogen-bond acceptors (Lipinski definition) is 1. The lowest BCUT2D eigenvalue weighted by Gasteiger charge is -2.26. The van der Waals surface area contributed by atoms with Crippen molar-refractivity contribution >= 4 is 45.6 Å². The number of benzene rings is 5. The van der Waals surface area contributed by atoms with Crippen LogP contribution in [0.2, 0.25) is 0 Å². The molecule has 1 aromatic heterocycles. The first-order valence-electron chi connectivity index (χ1n) is 13.4. The van der Waals surface area contributed by atoms with Gasteiger partial charge in [0.15, 0.2) is 0 Å². The molecule has 0 spiro atoms. The fourth-order valence-electron chi connectivity index (χ4n) is 6.27. The highest BCUT2D eigenvalue weighted by atomic mass is 14.7. The number of aromatic amines is 1. The average molecular weight is 501 g/mol. The topological polar surface area (TPSA) is 39.6 Å². The molecule has 5 aromatic carbocycles. The van der Waals surface area contributed by atoms with Crippen LogP contribution in [-0.2, 0) is 6.42 Å². The molecule has 0 atom stereocenters. The Morgan fingerprint density at radius 1 is 0.667 bits per heavy atom. The van der Waals surface area contributed by atoms with Crippen LogP contribution in [0, 0.1) is 5.41 Å². The van der Waals surface area contributed by atoms with Gasteiger partial charge in [-0.1, -0.05) is 104 Å². The van der Waals surface area contributed by atoms with Gasteiger partial charge < -0.3 is 10.4 Å². The number of aromatic nitrogens is 1. The second-order valence-electron chi connectivity index (χ2n) is 10.2. The van der Waals surface area contributed by atoms with Crippen LogP contribution in [0.4, 0.5) is 0 Å². The Morgan fingerprint density at radius 2 is 1.31 bits per heavy atom. The second-order valence-corrected chi connectivity index (χ2v) is 10.2. The van der Waals surface area contributed by atoms with Crippen LogP contribution >= 0.6 is 0 Å². The van der Waals surface area contributed by atoms with E-state index in [1.165, 1.54) is 61.5 Å². The fourth-order valence-corrected chi connectivity index (χ4v) is 6.27. The van der Waals surface area contributed by atoms with Crippen molar-refractivity contribution < 1.29 is 0 Å². The minimum atomic E-state index is 0.890. The van der Waals surface area contributed by atoms with Gasteiger partial charge in [-0.05, 0) is 86.3 Å². The normalized spacial score (nSPS) is 12.8. The first-order chi connectivity index (χ1) is 19.3. The van der Waals surface area contributed by atoms with Crippen LogP contribution in [0.25, 0.3) is 61.7 Å². The average Bonchev–Trinajstić information content (AvgIpc) is 3.37. The van der Waals surface area contributed by atoms with E-state index in [1.54, 1.807) is 6.08 Å². The standard InChI is InChI=1S/C37H28N2/c1-2-34-33(23-38)31-21-27(18-20-35(31)39-34)26-17-19-30-32(22-26)37(25-13-7-4-8-14-25)29-16-10-9-15-28(29)36(30)24-11-5-3-6-12-24/h2-16,18,20-23,38-39H,1,17,19H2. The molecule has 186 valence electrons. The van der Waals surface area contributed by atoms with Gasteiger partial charge in [0.1, 0.15) is 0 Å². The maximum Gasteiger partial charge on any atom is 0.0474 e. The number of allylic oxidation sites excluding steroid dienone is 1. The van der Waals surface area contributed by atoms with Crippen LogP contribution in [-0.4, -0.2) is 11.2 Å². The monoisotopic (exact) mass is 500 g/mol. The Bertz CT molecular complexity index is 1920. The van der Waals surface area contributed by atoms with E-state index in [0.717, 1.165) is 35.0 Å². The Balaban J connectivity index is 1.53. The summed E-state index contributed by atoms with van der Waals surface area (Å²) in [5.74, 6) is 0. The van der Waals surface area contributed by atoms with E-state index in [-0.39, 0.29) is 0 Å². The summed E-state index contributed by atoms with van der Waals surface area (Å²) >= 11 is 0. The fraction of sp³-hybridized carbons (Fsp3) is 0.0541. The van der Waals surface area contributed by atoms with E-state index in [9.17, 15) is 0 Å². The van der Waals surface area contributed by atoms with Gasteiger partial charge in [-0.3, -0.25) is 0 Å². The zero-order valence-corrected chi connectivity index (χ0v) is 21.7. The maximum absolute atomic E-state index is 8.00. The quantitative estimate of drug-likeness (QED) is 0.221. The van der Waals surface area contributed by atoms with Gasteiger partial charge >= 0.3 is 0 Å². The molecular weight excluding hydrogens is 472 g/mol. The molecule has 0 bridgehead atoms. The number of fused-ring (bicyclic) bond motifs is 3. The number of hydrogen-bond donors (Lipinski definition) is 2. The highest BCUT2D eigenvalue weighted by molar-refractivity contribution is 6.12. The van der Waals surface area contributed by atoms with Crippen molar-refractivity contribution in [1.82, 2.24) is 4.98 Å². The number of H-pyrrole nitrogens is 1. The summed E-state index contributed by atoms with van der Waals surface area (Å²) in [6, 6.07) is 37.1. The van der Waals surface area contributed by atoms with Crippen molar-refractivity contribution in [2.24, 2.45) is 0 Å². The molecule has 1 aliphatic carbocycles. The first kappa shape index (κ1) is 23.2. The lowest BCUT2D eigenvalue weighted by atomic mass is 9.78. The van der Waals surface area contributed by atoms with Crippen molar-refractivity contribution in [3.63, 3.8) is 0 Å². The molecule has 0 unspecified atom stereocenters. The minimum absolute atomic E-state index is 0.890. The van der Waals surface area contributed by atoms with Crippen LogP contribution in [0.5, 0.6) is 0 Å². The van der Waals surface area contributed by atoms with E-state index in [4.69, 9.17) is 5.41 Å². The van der Waals surface area contributed by atoms with Crippen molar-refractivity contribution in [2.45, 2.75) is 12.8 Å². The van der Waals surface area contributed by atoms with Crippen molar-refractivity contribution in [1.29, 1.82) is 5.41 Å². The zero-order chi connectivity index (χ0) is 26.3. The molecule has 0 fully saturated rings. The van der Waals surface area contributed by atoms with Crippen molar-refractivity contribution in [3.05, 3.63) is 138 Å². The molecule has 7 rings (SSSR count). The molecule has 0 amide bonds. The number of rotatable bonds is 5. The SMILES string of the molecule is C=Cc1[nH]c2ccc(C3=Cc4c(c(-c5ccccc5)c5ccccc5c4-c4ccccc4)CC3)cc2c1C=N. The molecule has 1 aliphatic rings. The first-order valence-corrected chi connectivity index (χ1v) is 13.4. The van der Waals surface area contributed by atoms with E-state index in [2.05, 4.69) is 121 Å². The summed E-state index contributed by atoms with van der Waals surface area (Å²) in [5, 5.41) is 11.6. The molecule has 0 radical (unpaired) electrons. The molecule has 6 aromatic rings. The summed E-state index contributed by atoms with van der Waals surface area (Å²) < 4.78 is 0. The van der Waals surface area contributed by atoms with Gasteiger partial charge in [0, 0.05) is 28.4 Å². The third-order valence-corrected chi connectivity index (χ3v) is 8.04. The summed E-state index contributed by atoms with van der Waals surface area (Å²) in [4.78, 5) is 3.40. The largest absolute Gasteiger partial charge is 0.354 e. The molecule has 2 heteroatoms. The molecule has 2 N–H and O–H groups in total.